The summed E-state index contributed by atoms with van der Waals surface area (Å²) in [6.45, 7) is 2.68. The predicted octanol–water partition coefficient (Wildman–Crippen LogP) is 0.990. The highest BCUT2D eigenvalue weighted by Crippen LogP contribution is 2.15. The van der Waals surface area contributed by atoms with Gasteiger partial charge in [-0.2, -0.15) is 0 Å². The standard InChI is InChI=1S/C13H16F2N2O2/c1-7-3-8(10(15)4-9(7)14)13(18)17-11-5-16-6-12(11)19-2/h3-4,11-12,16H,5-6H2,1-2H3,(H,17,18)/t11-,12+/m1/s1. The van der Waals surface area contributed by atoms with E-state index in [9.17, 15) is 13.6 Å². The van der Waals surface area contributed by atoms with Crippen LogP contribution in [-0.2, 0) is 4.74 Å². The molecule has 2 atom stereocenters. The summed E-state index contributed by atoms with van der Waals surface area (Å²) in [7, 11) is 1.56. The quantitative estimate of drug-likeness (QED) is 0.861. The van der Waals surface area contributed by atoms with Gasteiger partial charge in [0.25, 0.3) is 5.91 Å². The lowest BCUT2D eigenvalue weighted by Crippen LogP contribution is -2.43. The van der Waals surface area contributed by atoms with Crippen molar-refractivity contribution < 1.29 is 18.3 Å². The van der Waals surface area contributed by atoms with Gasteiger partial charge in [-0.3, -0.25) is 4.79 Å². The number of hydrogen-bond acceptors (Lipinski definition) is 3. The molecule has 0 radical (unpaired) electrons. The normalized spacial score (nSPS) is 22.5. The Labute approximate surface area is 110 Å². The molecule has 0 aromatic heterocycles. The molecule has 1 aliphatic heterocycles. The van der Waals surface area contributed by atoms with E-state index in [0.717, 1.165) is 6.07 Å². The first-order valence-corrected chi connectivity index (χ1v) is 6.03. The van der Waals surface area contributed by atoms with E-state index < -0.39 is 17.5 Å². The molecule has 1 aromatic rings. The molecular weight excluding hydrogens is 254 g/mol. The Morgan fingerprint density at radius 3 is 2.79 bits per heavy atom. The first-order valence-electron chi connectivity index (χ1n) is 6.03. The minimum absolute atomic E-state index is 0.145. The van der Waals surface area contributed by atoms with Crippen molar-refractivity contribution in [2.45, 2.75) is 19.1 Å². The zero-order valence-corrected chi connectivity index (χ0v) is 10.8. The van der Waals surface area contributed by atoms with Crippen LogP contribution in [0.4, 0.5) is 8.78 Å². The third-order valence-electron chi connectivity index (χ3n) is 3.27. The number of amides is 1. The molecule has 1 aliphatic rings. The van der Waals surface area contributed by atoms with Crippen LogP contribution in [0.2, 0.25) is 0 Å². The molecule has 1 fully saturated rings. The highest BCUT2D eigenvalue weighted by molar-refractivity contribution is 5.95. The number of halogens is 2. The van der Waals surface area contributed by atoms with Crippen molar-refractivity contribution in [1.82, 2.24) is 10.6 Å². The number of methoxy groups -OCH3 is 1. The Morgan fingerprint density at radius 1 is 1.37 bits per heavy atom. The number of benzene rings is 1. The van der Waals surface area contributed by atoms with Gasteiger partial charge in [0.2, 0.25) is 0 Å². The van der Waals surface area contributed by atoms with Gasteiger partial charge in [0.15, 0.2) is 0 Å². The first kappa shape index (κ1) is 13.9. The Balaban J connectivity index is 2.14. The molecule has 1 heterocycles. The molecule has 4 nitrogen and oxygen atoms in total. The van der Waals surface area contributed by atoms with Crippen molar-refractivity contribution in [2.24, 2.45) is 0 Å². The minimum atomic E-state index is -0.861. The summed E-state index contributed by atoms with van der Waals surface area (Å²) in [5.74, 6) is -2.08. The molecule has 6 heteroatoms. The Bertz CT molecular complexity index is 494. The van der Waals surface area contributed by atoms with E-state index in [1.165, 1.54) is 13.0 Å². The molecule has 2 N–H and O–H groups in total. The van der Waals surface area contributed by atoms with Gasteiger partial charge in [0.05, 0.1) is 17.7 Å². The van der Waals surface area contributed by atoms with E-state index >= 15 is 0 Å². The molecule has 1 aromatic carbocycles. The van der Waals surface area contributed by atoms with Crippen LogP contribution in [-0.4, -0.2) is 38.3 Å². The van der Waals surface area contributed by atoms with Gasteiger partial charge in [-0.15, -0.1) is 0 Å². The molecule has 0 bridgehead atoms. The average molecular weight is 270 g/mol. The number of aryl methyl sites for hydroxylation is 1. The van der Waals surface area contributed by atoms with Crippen LogP contribution in [0.25, 0.3) is 0 Å². The van der Waals surface area contributed by atoms with Crippen LogP contribution in [0.15, 0.2) is 12.1 Å². The number of ether oxygens (including phenoxy) is 1. The fourth-order valence-electron chi connectivity index (χ4n) is 2.12. The lowest BCUT2D eigenvalue weighted by molar-refractivity contribution is 0.0777. The number of carbonyl (C=O) groups excluding carboxylic acids is 1. The van der Waals surface area contributed by atoms with Crippen molar-refractivity contribution in [3.8, 4) is 0 Å². The number of rotatable bonds is 3. The lowest BCUT2D eigenvalue weighted by atomic mass is 10.1. The molecule has 0 spiro atoms. The van der Waals surface area contributed by atoms with Crippen molar-refractivity contribution in [2.75, 3.05) is 20.2 Å². The number of hydrogen-bond donors (Lipinski definition) is 2. The SMILES string of the molecule is CO[C@H]1CNC[C@H]1NC(=O)c1cc(C)c(F)cc1F. The van der Waals surface area contributed by atoms with E-state index in [2.05, 4.69) is 10.6 Å². The summed E-state index contributed by atoms with van der Waals surface area (Å²) in [6, 6.07) is 1.72. The van der Waals surface area contributed by atoms with E-state index in [0.29, 0.717) is 13.1 Å². The zero-order chi connectivity index (χ0) is 14.0. The molecule has 0 saturated carbocycles. The predicted molar refractivity (Wildman–Crippen MR) is 66.0 cm³/mol. The van der Waals surface area contributed by atoms with E-state index in [1.807, 2.05) is 0 Å². The molecule has 0 aliphatic carbocycles. The van der Waals surface area contributed by atoms with Crippen LogP contribution in [0.5, 0.6) is 0 Å². The fraction of sp³-hybridized carbons (Fsp3) is 0.462. The molecule has 19 heavy (non-hydrogen) atoms. The van der Waals surface area contributed by atoms with Crippen LogP contribution in [0.1, 0.15) is 15.9 Å². The minimum Gasteiger partial charge on any atom is -0.378 e. The number of nitrogens with one attached hydrogen (secondary N) is 2. The summed E-state index contributed by atoms with van der Waals surface area (Å²) in [6.07, 6.45) is -0.145. The van der Waals surface area contributed by atoms with Gasteiger partial charge in [0, 0.05) is 26.3 Å². The van der Waals surface area contributed by atoms with Crippen molar-refractivity contribution >= 4 is 5.91 Å². The monoisotopic (exact) mass is 270 g/mol. The molecular formula is C13H16F2N2O2. The Morgan fingerprint density at radius 2 is 2.11 bits per heavy atom. The lowest BCUT2D eigenvalue weighted by Gasteiger charge is -2.18. The largest absolute Gasteiger partial charge is 0.378 e. The second-order valence-corrected chi connectivity index (χ2v) is 4.59. The summed E-state index contributed by atoms with van der Waals surface area (Å²) in [4.78, 5) is 12.0. The Kier molecular flexibility index (Phi) is 4.11. The van der Waals surface area contributed by atoms with E-state index in [-0.39, 0.29) is 23.3 Å². The topological polar surface area (TPSA) is 50.4 Å². The molecule has 2 rings (SSSR count). The summed E-state index contributed by atoms with van der Waals surface area (Å²) >= 11 is 0. The summed E-state index contributed by atoms with van der Waals surface area (Å²) < 4.78 is 31.9. The van der Waals surface area contributed by atoms with E-state index in [1.54, 1.807) is 7.11 Å². The van der Waals surface area contributed by atoms with Gasteiger partial charge >= 0.3 is 0 Å². The van der Waals surface area contributed by atoms with Crippen LogP contribution in [0.3, 0.4) is 0 Å². The van der Waals surface area contributed by atoms with Crippen LogP contribution < -0.4 is 10.6 Å². The maximum atomic E-state index is 13.6. The third kappa shape index (κ3) is 2.90. The van der Waals surface area contributed by atoms with Gasteiger partial charge in [-0.25, -0.2) is 8.78 Å². The maximum Gasteiger partial charge on any atom is 0.254 e. The maximum absolute atomic E-state index is 13.6. The van der Waals surface area contributed by atoms with Crippen LogP contribution >= 0.6 is 0 Å². The first-order chi connectivity index (χ1) is 9.02. The van der Waals surface area contributed by atoms with Gasteiger partial charge in [0.1, 0.15) is 11.6 Å². The van der Waals surface area contributed by atoms with Gasteiger partial charge in [-0.1, -0.05) is 0 Å². The van der Waals surface area contributed by atoms with Gasteiger partial charge in [-0.05, 0) is 18.6 Å². The smallest absolute Gasteiger partial charge is 0.254 e. The van der Waals surface area contributed by atoms with Crippen molar-refractivity contribution in [1.29, 1.82) is 0 Å². The molecule has 104 valence electrons. The summed E-state index contributed by atoms with van der Waals surface area (Å²) in [5.41, 5.74) is 0.0834. The Hall–Kier alpha value is -1.53. The number of carbonyl (C=O) groups is 1. The molecule has 1 saturated heterocycles. The second kappa shape index (κ2) is 5.63. The average Bonchev–Trinajstić information content (AvgIpc) is 2.80. The molecule has 1 amide bonds. The highest BCUT2D eigenvalue weighted by Gasteiger charge is 2.29. The highest BCUT2D eigenvalue weighted by atomic mass is 19.1. The zero-order valence-electron chi connectivity index (χ0n) is 10.8. The summed E-state index contributed by atoms with van der Waals surface area (Å²) in [5, 5.41) is 5.77. The van der Waals surface area contributed by atoms with E-state index in [4.69, 9.17) is 4.74 Å². The fourth-order valence-corrected chi connectivity index (χ4v) is 2.12. The second-order valence-electron chi connectivity index (χ2n) is 4.59. The van der Waals surface area contributed by atoms with Crippen molar-refractivity contribution in [3.63, 3.8) is 0 Å². The van der Waals surface area contributed by atoms with Gasteiger partial charge < -0.3 is 15.4 Å². The third-order valence-corrected chi connectivity index (χ3v) is 3.27. The molecule has 0 unspecified atom stereocenters. The van der Waals surface area contributed by atoms with Crippen molar-refractivity contribution in [3.05, 3.63) is 34.9 Å². The van der Waals surface area contributed by atoms with Crippen LogP contribution in [0, 0.1) is 18.6 Å².